The van der Waals surface area contributed by atoms with Gasteiger partial charge in [-0.25, -0.2) is 0 Å². The lowest BCUT2D eigenvalue weighted by Crippen LogP contribution is -2.55. The third-order valence-electron chi connectivity index (χ3n) is 6.96. The molecule has 0 aliphatic heterocycles. The van der Waals surface area contributed by atoms with E-state index in [1.165, 1.54) is 0 Å². The molecule has 27 heavy (non-hydrogen) atoms. The normalized spacial score (nSPS) is 31.1. The first-order valence-electron chi connectivity index (χ1n) is 10.2. The Morgan fingerprint density at radius 2 is 1.59 bits per heavy atom. The van der Waals surface area contributed by atoms with Crippen molar-refractivity contribution in [2.45, 2.75) is 63.5 Å². The van der Waals surface area contributed by atoms with E-state index in [-0.39, 0.29) is 23.2 Å². The van der Waals surface area contributed by atoms with E-state index in [4.69, 9.17) is 5.11 Å². The summed E-state index contributed by atoms with van der Waals surface area (Å²) in [5.41, 5.74) is 0.416. The lowest BCUT2D eigenvalue weighted by atomic mass is 9.48. The molecule has 0 heterocycles. The number of rotatable bonds is 6. The molecule has 0 atom stereocenters. The van der Waals surface area contributed by atoms with Crippen LogP contribution >= 0.6 is 0 Å². The highest BCUT2D eigenvalue weighted by atomic mass is 16.4. The molecule has 3 saturated carbocycles. The molecule has 3 fully saturated rings. The van der Waals surface area contributed by atoms with Crippen LogP contribution in [0.15, 0.2) is 30.3 Å². The Bertz CT molecular complexity index is 696. The van der Waals surface area contributed by atoms with Gasteiger partial charge in [0, 0.05) is 19.0 Å². The summed E-state index contributed by atoms with van der Waals surface area (Å²) in [5, 5.41) is 20.0. The molecule has 4 rings (SSSR count). The summed E-state index contributed by atoms with van der Waals surface area (Å²) < 4.78 is 0. The van der Waals surface area contributed by atoms with Gasteiger partial charge in [0.1, 0.15) is 0 Å². The highest BCUT2D eigenvalue weighted by Crippen LogP contribution is 2.61. The van der Waals surface area contributed by atoms with E-state index in [9.17, 15) is 14.7 Å². The Kier molecular flexibility index (Phi) is 4.75. The highest BCUT2D eigenvalue weighted by Gasteiger charge is 2.57. The van der Waals surface area contributed by atoms with Gasteiger partial charge in [-0.05, 0) is 49.5 Å². The average molecular weight is 371 g/mol. The lowest BCUT2D eigenvalue weighted by molar-refractivity contribution is -0.166. The summed E-state index contributed by atoms with van der Waals surface area (Å²) in [6.07, 6.45) is 6.61. The van der Waals surface area contributed by atoms with Crippen LogP contribution in [0.2, 0.25) is 0 Å². The van der Waals surface area contributed by atoms with E-state index in [1.54, 1.807) is 0 Å². The first-order chi connectivity index (χ1) is 12.9. The molecule has 1 amide bonds. The molecule has 3 aliphatic rings. The predicted octanol–water partition coefficient (Wildman–Crippen LogP) is 3.21. The standard InChI is InChI=1S/C22H29NO4/c24-19(17-10-21(11-17)12-18(13-21)20(25)26)23(14-16-6-2-1-3-7-16)15-22(27)8-4-5-9-22/h1-3,6-7,17-18,27H,4-5,8-15H2,(H,25,26). The van der Waals surface area contributed by atoms with Gasteiger partial charge >= 0.3 is 5.97 Å². The fraction of sp³-hybridized carbons (Fsp3) is 0.636. The second kappa shape index (κ2) is 6.93. The zero-order valence-corrected chi connectivity index (χ0v) is 15.8. The van der Waals surface area contributed by atoms with E-state index in [0.717, 1.165) is 56.9 Å². The number of hydrogen-bond donors (Lipinski definition) is 2. The molecule has 2 N–H and O–H groups in total. The monoisotopic (exact) mass is 371 g/mol. The fourth-order valence-corrected chi connectivity index (χ4v) is 5.47. The van der Waals surface area contributed by atoms with Gasteiger partial charge in [-0.3, -0.25) is 9.59 Å². The predicted molar refractivity (Wildman–Crippen MR) is 101 cm³/mol. The summed E-state index contributed by atoms with van der Waals surface area (Å²) in [5.74, 6) is -0.817. The maximum Gasteiger partial charge on any atom is 0.306 e. The van der Waals surface area contributed by atoms with E-state index in [2.05, 4.69) is 0 Å². The molecule has 3 aliphatic carbocycles. The number of benzene rings is 1. The number of aliphatic hydroxyl groups is 1. The third-order valence-corrected chi connectivity index (χ3v) is 6.96. The van der Waals surface area contributed by atoms with Gasteiger partial charge in [0.15, 0.2) is 0 Å². The zero-order valence-electron chi connectivity index (χ0n) is 15.8. The smallest absolute Gasteiger partial charge is 0.306 e. The maximum atomic E-state index is 13.2. The Morgan fingerprint density at radius 1 is 1.00 bits per heavy atom. The van der Waals surface area contributed by atoms with Crippen molar-refractivity contribution in [3.63, 3.8) is 0 Å². The Hall–Kier alpha value is -1.88. The number of amides is 1. The first-order valence-corrected chi connectivity index (χ1v) is 10.2. The Labute approximate surface area is 160 Å². The third kappa shape index (κ3) is 3.75. The molecule has 146 valence electrons. The van der Waals surface area contributed by atoms with Crippen LogP contribution in [0, 0.1) is 17.3 Å². The molecule has 1 aromatic rings. The number of hydrogen-bond acceptors (Lipinski definition) is 3. The van der Waals surface area contributed by atoms with Crippen molar-refractivity contribution >= 4 is 11.9 Å². The number of carbonyl (C=O) groups is 2. The summed E-state index contributed by atoms with van der Waals surface area (Å²) >= 11 is 0. The number of carbonyl (C=O) groups excluding carboxylic acids is 1. The summed E-state index contributed by atoms with van der Waals surface area (Å²) in [4.78, 5) is 26.1. The molecule has 5 nitrogen and oxygen atoms in total. The van der Waals surface area contributed by atoms with E-state index in [1.807, 2.05) is 35.2 Å². The van der Waals surface area contributed by atoms with Gasteiger partial charge in [0.05, 0.1) is 11.5 Å². The van der Waals surface area contributed by atoms with E-state index in [0.29, 0.717) is 13.1 Å². The first kappa shape index (κ1) is 18.5. The van der Waals surface area contributed by atoms with Gasteiger partial charge in [-0.1, -0.05) is 43.2 Å². The average Bonchev–Trinajstić information content (AvgIpc) is 2.98. The minimum absolute atomic E-state index is 0.0199. The molecule has 0 radical (unpaired) electrons. The van der Waals surface area contributed by atoms with E-state index < -0.39 is 11.6 Å². The summed E-state index contributed by atoms with van der Waals surface area (Å²) in [7, 11) is 0. The van der Waals surface area contributed by atoms with Crippen molar-refractivity contribution in [3.8, 4) is 0 Å². The number of nitrogens with zero attached hydrogens (tertiary/aromatic N) is 1. The molecule has 0 bridgehead atoms. The minimum atomic E-state index is -0.753. The van der Waals surface area contributed by atoms with Crippen molar-refractivity contribution in [3.05, 3.63) is 35.9 Å². The molecule has 0 unspecified atom stereocenters. The Balaban J connectivity index is 1.41. The zero-order chi connectivity index (χ0) is 19.1. The van der Waals surface area contributed by atoms with Crippen molar-refractivity contribution in [2.75, 3.05) is 6.54 Å². The van der Waals surface area contributed by atoms with Crippen molar-refractivity contribution < 1.29 is 19.8 Å². The van der Waals surface area contributed by atoms with Gasteiger partial charge in [0.25, 0.3) is 0 Å². The van der Waals surface area contributed by atoms with Crippen molar-refractivity contribution in [2.24, 2.45) is 17.3 Å². The topological polar surface area (TPSA) is 77.8 Å². The van der Waals surface area contributed by atoms with Crippen LogP contribution in [0.1, 0.15) is 56.9 Å². The van der Waals surface area contributed by atoms with Gasteiger partial charge in [0.2, 0.25) is 5.91 Å². The van der Waals surface area contributed by atoms with Crippen molar-refractivity contribution in [1.82, 2.24) is 4.90 Å². The molecule has 1 aromatic carbocycles. The van der Waals surface area contributed by atoms with Crippen LogP contribution in [0.25, 0.3) is 0 Å². The molecular weight excluding hydrogens is 342 g/mol. The van der Waals surface area contributed by atoms with Crippen LogP contribution < -0.4 is 0 Å². The lowest BCUT2D eigenvalue weighted by Gasteiger charge is -2.56. The minimum Gasteiger partial charge on any atom is -0.481 e. The Morgan fingerprint density at radius 3 is 2.19 bits per heavy atom. The highest BCUT2D eigenvalue weighted by molar-refractivity contribution is 5.80. The van der Waals surface area contributed by atoms with Crippen LogP contribution in [-0.2, 0) is 16.1 Å². The molecule has 1 spiro atoms. The fourth-order valence-electron chi connectivity index (χ4n) is 5.47. The number of carboxylic acids is 1. The number of aliphatic carboxylic acids is 1. The molecule has 5 heteroatoms. The van der Waals surface area contributed by atoms with E-state index >= 15 is 0 Å². The molecule has 0 saturated heterocycles. The number of carboxylic acid groups (broad SMARTS) is 1. The SMILES string of the molecule is O=C(O)C1CC2(C1)CC(C(=O)N(Cc1ccccc1)CC1(O)CCCC1)C2. The van der Waals surface area contributed by atoms with Crippen LogP contribution in [-0.4, -0.2) is 39.1 Å². The second-order valence-electron chi connectivity index (χ2n) is 9.16. The van der Waals surface area contributed by atoms with Crippen LogP contribution in [0.3, 0.4) is 0 Å². The quantitative estimate of drug-likeness (QED) is 0.805. The van der Waals surface area contributed by atoms with Crippen LogP contribution in [0.5, 0.6) is 0 Å². The van der Waals surface area contributed by atoms with Crippen molar-refractivity contribution in [1.29, 1.82) is 0 Å². The maximum absolute atomic E-state index is 13.2. The second-order valence-corrected chi connectivity index (χ2v) is 9.16. The summed E-state index contributed by atoms with van der Waals surface area (Å²) in [6.45, 7) is 0.936. The van der Waals surface area contributed by atoms with Gasteiger partial charge in [-0.2, -0.15) is 0 Å². The largest absolute Gasteiger partial charge is 0.481 e. The summed E-state index contributed by atoms with van der Waals surface area (Å²) in [6, 6.07) is 9.95. The van der Waals surface area contributed by atoms with Gasteiger partial charge in [-0.15, -0.1) is 0 Å². The van der Waals surface area contributed by atoms with Gasteiger partial charge < -0.3 is 15.1 Å². The molecule has 0 aromatic heterocycles. The molecular formula is C22H29NO4. The van der Waals surface area contributed by atoms with Crippen LogP contribution in [0.4, 0.5) is 0 Å².